The predicted molar refractivity (Wildman–Crippen MR) is 72.1 cm³/mol. The molecule has 16 heavy (non-hydrogen) atoms. The average Bonchev–Trinajstić information content (AvgIpc) is 2.21. The summed E-state index contributed by atoms with van der Waals surface area (Å²) in [4.78, 5) is 0. The maximum atomic E-state index is 5.78. The van der Waals surface area contributed by atoms with Gasteiger partial charge in [-0.15, -0.1) is 0 Å². The van der Waals surface area contributed by atoms with Crippen LogP contribution < -0.4 is 10.6 Å². The summed E-state index contributed by atoms with van der Waals surface area (Å²) in [6, 6.07) is 7.54. The van der Waals surface area contributed by atoms with Crippen molar-refractivity contribution in [1.29, 1.82) is 0 Å². The summed E-state index contributed by atoms with van der Waals surface area (Å²) in [5.74, 6) is 0. The predicted octanol–water partition coefficient (Wildman–Crippen LogP) is 2.66. The number of halogens is 1. The Morgan fingerprint density at radius 2 is 2.06 bits per heavy atom. The zero-order valence-electron chi connectivity index (χ0n) is 9.29. The molecule has 3 nitrogen and oxygen atoms in total. The molecule has 0 aliphatic carbocycles. The minimum absolute atomic E-state index is 0.178. The molecule has 0 saturated heterocycles. The number of hydrogen-bond donors (Lipinski definition) is 2. The molecule has 1 unspecified atom stereocenters. The normalized spacial score (nSPS) is 11.9. The quantitative estimate of drug-likeness (QED) is 0.814. The van der Waals surface area contributed by atoms with Crippen LogP contribution in [0.4, 0.5) is 5.69 Å². The second-order valence-electron chi connectivity index (χ2n) is 3.46. The van der Waals surface area contributed by atoms with Gasteiger partial charge in [-0.05, 0) is 43.4 Å². The highest BCUT2D eigenvalue weighted by atomic mass is 35.5. The first-order chi connectivity index (χ1) is 7.61. The number of hydrogen-bond acceptors (Lipinski definition) is 2. The van der Waals surface area contributed by atoms with Crippen LogP contribution in [0.15, 0.2) is 24.3 Å². The van der Waals surface area contributed by atoms with E-state index in [0.717, 1.165) is 5.69 Å². The first kappa shape index (κ1) is 13.2. The Bertz CT molecular complexity index is 342. The van der Waals surface area contributed by atoms with E-state index < -0.39 is 0 Å². The van der Waals surface area contributed by atoms with Gasteiger partial charge in [0.15, 0.2) is 5.11 Å². The summed E-state index contributed by atoms with van der Waals surface area (Å²) in [5.41, 5.74) is 0.909. The van der Waals surface area contributed by atoms with Crippen molar-refractivity contribution in [2.75, 3.05) is 19.0 Å². The summed E-state index contributed by atoms with van der Waals surface area (Å²) >= 11 is 10.9. The number of thiocarbonyl (C=S) groups is 1. The van der Waals surface area contributed by atoms with Crippen LogP contribution in [0.2, 0.25) is 5.02 Å². The van der Waals surface area contributed by atoms with Crippen molar-refractivity contribution in [1.82, 2.24) is 5.32 Å². The number of ether oxygens (including phenoxy) is 1. The molecule has 0 aliphatic rings. The lowest BCUT2D eigenvalue weighted by Crippen LogP contribution is -2.38. The Kier molecular flexibility index (Phi) is 5.52. The van der Waals surface area contributed by atoms with Crippen LogP contribution >= 0.6 is 23.8 Å². The number of nitrogens with one attached hydrogen (secondary N) is 2. The molecule has 1 rings (SSSR count). The summed E-state index contributed by atoms with van der Waals surface area (Å²) in [7, 11) is 1.66. The standard InChI is InChI=1S/C11H15ClN2OS/c1-8(7-15-2)13-11(16)14-10-5-3-9(12)4-6-10/h3-6,8H,7H2,1-2H3,(H2,13,14,16). The first-order valence-electron chi connectivity index (χ1n) is 4.94. The second kappa shape index (κ2) is 6.68. The van der Waals surface area contributed by atoms with Crippen LogP contribution in [0.25, 0.3) is 0 Å². The second-order valence-corrected chi connectivity index (χ2v) is 4.31. The molecule has 5 heteroatoms. The zero-order valence-corrected chi connectivity index (χ0v) is 10.9. The SMILES string of the molecule is COCC(C)NC(=S)Nc1ccc(Cl)cc1. The Morgan fingerprint density at radius 1 is 1.44 bits per heavy atom. The summed E-state index contributed by atoms with van der Waals surface area (Å²) < 4.78 is 5.00. The van der Waals surface area contributed by atoms with E-state index in [0.29, 0.717) is 16.7 Å². The Morgan fingerprint density at radius 3 is 2.62 bits per heavy atom. The highest BCUT2D eigenvalue weighted by Crippen LogP contribution is 2.13. The molecule has 0 amide bonds. The van der Waals surface area contributed by atoms with Crippen molar-refractivity contribution in [3.63, 3.8) is 0 Å². The van der Waals surface area contributed by atoms with E-state index in [2.05, 4.69) is 10.6 Å². The fraction of sp³-hybridized carbons (Fsp3) is 0.364. The molecule has 0 saturated carbocycles. The van der Waals surface area contributed by atoms with Gasteiger partial charge >= 0.3 is 0 Å². The van der Waals surface area contributed by atoms with Crippen LogP contribution in [-0.4, -0.2) is 24.9 Å². The third kappa shape index (κ3) is 4.79. The van der Waals surface area contributed by atoms with Crippen molar-refractivity contribution < 1.29 is 4.74 Å². The number of methoxy groups -OCH3 is 1. The number of benzene rings is 1. The molecule has 1 aromatic carbocycles. The third-order valence-electron chi connectivity index (χ3n) is 1.90. The maximum absolute atomic E-state index is 5.78. The van der Waals surface area contributed by atoms with Crippen molar-refractivity contribution >= 4 is 34.6 Å². The van der Waals surface area contributed by atoms with Crippen molar-refractivity contribution in [2.24, 2.45) is 0 Å². The maximum Gasteiger partial charge on any atom is 0.171 e. The molecule has 0 aromatic heterocycles. The Labute approximate surface area is 106 Å². The molecule has 0 spiro atoms. The van der Waals surface area contributed by atoms with E-state index in [1.807, 2.05) is 31.2 Å². The van der Waals surface area contributed by atoms with Crippen LogP contribution in [-0.2, 0) is 4.74 Å². The fourth-order valence-electron chi connectivity index (χ4n) is 1.22. The minimum Gasteiger partial charge on any atom is -0.383 e. The molecule has 1 atom stereocenters. The summed E-state index contributed by atoms with van der Waals surface area (Å²) in [5, 5.41) is 7.45. The summed E-state index contributed by atoms with van der Waals surface area (Å²) in [6.07, 6.45) is 0. The van der Waals surface area contributed by atoms with Gasteiger partial charge in [0.05, 0.1) is 6.61 Å². The third-order valence-corrected chi connectivity index (χ3v) is 2.37. The first-order valence-corrected chi connectivity index (χ1v) is 5.72. The lowest BCUT2D eigenvalue weighted by Gasteiger charge is -2.16. The molecule has 0 heterocycles. The molecule has 88 valence electrons. The van der Waals surface area contributed by atoms with Crippen LogP contribution in [0.3, 0.4) is 0 Å². The van der Waals surface area contributed by atoms with Crippen molar-refractivity contribution in [3.8, 4) is 0 Å². The van der Waals surface area contributed by atoms with E-state index in [-0.39, 0.29) is 6.04 Å². The van der Waals surface area contributed by atoms with E-state index in [1.54, 1.807) is 7.11 Å². The van der Waals surface area contributed by atoms with Gasteiger partial charge in [-0.25, -0.2) is 0 Å². The average molecular weight is 259 g/mol. The minimum atomic E-state index is 0.178. The van der Waals surface area contributed by atoms with Gasteiger partial charge in [0, 0.05) is 23.9 Å². The molecule has 0 fully saturated rings. The lowest BCUT2D eigenvalue weighted by molar-refractivity contribution is 0.179. The van der Waals surface area contributed by atoms with Gasteiger partial charge in [-0.2, -0.15) is 0 Å². The van der Waals surface area contributed by atoms with Gasteiger partial charge in [0.1, 0.15) is 0 Å². The number of anilines is 1. The van der Waals surface area contributed by atoms with Gasteiger partial charge in [0.25, 0.3) is 0 Å². The van der Waals surface area contributed by atoms with Gasteiger partial charge < -0.3 is 15.4 Å². The van der Waals surface area contributed by atoms with Gasteiger partial charge in [-0.1, -0.05) is 11.6 Å². The fourth-order valence-corrected chi connectivity index (χ4v) is 1.66. The van der Waals surface area contributed by atoms with Gasteiger partial charge in [0.2, 0.25) is 0 Å². The summed E-state index contributed by atoms with van der Waals surface area (Å²) in [6.45, 7) is 2.61. The zero-order chi connectivity index (χ0) is 12.0. The molecule has 0 aliphatic heterocycles. The topological polar surface area (TPSA) is 33.3 Å². The smallest absolute Gasteiger partial charge is 0.171 e. The van der Waals surface area contributed by atoms with Crippen LogP contribution in [0.5, 0.6) is 0 Å². The Hall–Kier alpha value is -0.840. The molecule has 0 radical (unpaired) electrons. The number of rotatable bonds is 4. The van der Waals surface area contributed by atoms with E-state index in [9.17, 15) is 0 Å². The van der Waals surface area contributed by atoms with Crippen molar-refractivity contribution in [3.05, 3.63) is 29.3 Å². The highest BCUT2D eigenvalue weighted by molar-refractivity contribution is 7.80. The monoisotopic (exact) mass is 258 g/mol. The molecule has 0 bridgehead atoms. The Balaban J connectivity index is 2.42. The van der Waals surface area contributed by atoms with E-state index >= 15 is 0 Å². The van der Waals surface area contributed by atoms with Crippen molar-refractivity contribution in [2.45, 2.75) is 13.0 Å². The largest absolute Gasteiger partial charge is 0.383 e. The van der Waals surface area contributed by atoms with E-state index in [1.165, 1.54) is 0 Å². The molecule has 2 N–H and O–H groups in total. The molecular weight excluding hydrogens is 244 g/mol. The van der Waals surface area contributed by atoms with Crippen LogP contribution in [0.1, 0.15) is 6.92 Å². The van der Waals surface area contributed by atoms with Crippen LogP contribution in [0, 0.1) is 0 Å². The van der Waals surface area contributed by atoms with Gasteiger partial charge in [-0.3, -0.25) is 0 Å². The molecular formula is C11H15ClN2OS. The lowest BCUT2D eigenvalue weighted by atomic mass is 10.3. The van der Waals surface area contributed by atoms with E-state index in [4.69, 9.17) is 28.6 Å². The molecule has 1 aromatic rings. The highest BCUT2D eigenvalue weighted by Gasteiger charge is 2.03.